The molecule has 0 aliphatic heterocycles. The van der Waals surface area contributed by atoms with Crippen molar-refractivity contribution in [1.82, 2.24) is 24.7 Å². The highest BCUT2D eigenvalue weighted by atomic mass is 32.2. The molecule has 0 atom stereocenters. The Hall–Kier alpha value is -2.28. The van der Waals surface area contributed by atoms with E-state index in [0.29, 0.717) is 17.3 Å². The molecular weight excluding hydrogens is 313 g/mol. The van der Waals surface area contributed by atoms with Gasteiger partial charge in [-0.2, -0.15) is 0 Å². The van der Waals surface area contributed by atoms with Crippen LogP contribution in [0.1, 0.15) is 24.0 Å². The minimum Gasteiger partial charge on any atom is -0.274 e. The summed E-state index contributed by atoms with van der Waals surface area (Å²) in [6.07, 6.45) is 1.90. The number of hydrogen-bond donors (Lipinski definition) is 0. The number of para-hydroxylation sites is 1. The third-order valence-corrected chi connectivity index (χ3v) is 4.43. The van der Waals surface area contributed by atoms with Gasteiger partial charge in [-0.25, -0.2) is 14.4 Å². The van der Waals surface area contributed by atoms with Crippen molar-refractivity contribution in [2.75, 3.05) is 0 Å². The van der Waals surface area contributed by atoms with Gasteiger partial charge >= 0.3 is 0 Å². The normalized spacial score (nSPS) is 11.0. The summed E-state index contributed by atoms with van der Waals surface area (Å²) in [7, 11) is 0. The molecule has 0 unspecified atom stereocenters. The summed E-state index contributed by atoms with van der Waals surface area (Å²) in [5.74, 6) is 0.351. The van der Waals surface area contributed by atoms with Gasteiger partial charge in [-0.15, -0.1) is 10.2 Å². The summed E-state index contributed by atoms with van der Waals surface area (Å²) in [6, 6.07) is 7.94. The lowest BCUT2D eigenvalue weighted by Crippen LogP contribution is -2.03. The Kier molecular flexibility index (Phi) is 4.38. The lowest BCUT2D eigenvalue weighted by atomic mass is 10.2. The topological polar surface area (TPSA) is 56.5 Å². The van der Waals surface area contributed by atoms with Gasteiger partial charge in [0.05, 0.1) is 11.4 Å². The van der Waals surface area contributed by atoms with Gasteiger partial charge in [-0.05, 0) is 43.7 Å². The standard InChI is InChI=1S/C16H16FN5S/c1-4-12-14(17)15(19-9-18-12)23-16-21-20-11(3)22(16)13-8-6-5-7-10(13)2/h5-9H,4H2,1-3H3. The van der Waals surface area contributed by atoms with Gasteiger partial charge in [-0.1, -0.05) is 25.1 Å². The van der Waals surface area contributed by atoms with E-state index in [1.54, 1.807) is 0 Å². The second-order valence-corrected chi connectivity index (χ2v) is 6.00. The molecule has 1 aromatic carbocycles. The van der Waals surface area contributed by atoms with E-state index >= 15 is 0 Å². The maximum absolute atomic E-state index is 14.4. The van der Waals surface area contributed by atoms with Crippen LogP contribution in [0.25, 0.3) is 5.69 Å². The summed E-state index contributed by atoms with van der Waals surface area (Å²) in [6.45, 7) is 5.75. The zero-order valence-corrected chi connectivity index (χ0v) is 13.9. The first kappa shape index (κ1) is 15.6. The van der Waals surface area contributed by atoms with Gasteiger partial charge < -0.3 is 0 Å². The summed E-state index contributed by atoms with van der Waals surface area (Å²) >= 11 is 1.16. The second-order valence-electron chi connectivity index (χ2n) is 5.05. The number of benzene rings is 1. The molecule has 0 aliphatic carbocycles. The Balaban J connectivity index is 2.05. The molecule has 3 aromatic rings. The second kappa shape index (κ2) is 6.45. The highest BCUT2D eigenvalue weighted by molar-refractivity contribution is 7.99. The quantitative estimate of drug-likeness (QED) is 0.685. The number of rotatable bonds is 4. The summed E-state index contributed by atoms with van der Waals surface area (Å²) in [4.78, 5) is 8.00. The van der Waals surface area contributed by atoms with E-state index in [-0.39, 0.29) is 5.03 Å². The Bertz CT molecular complexity index is 846. The number of nitrogens with zero attached hydrogens (tertiary/aromatic N) is 5. The first-order valence-electron chi connectivity index (χ1n) is 7.27. The average molecular weight is 329 g/mol. The molecule has 23 heavy (non-hydrogen) atoms. The zero-order chi connectivity index (χ0) is 16.4. The summed E-state index contributed by atoms with van der Waals surface area (Å²) in [5, 5.41) is 9.15. The highest BCUT2D eigenvalue weighted by Crippen LogP contribution is 2.30. The van der Waals surface area contributed by atoms with Crippen molar-refractivity contribution in [2.45, 2.75) is 37.4 Å². The fraction of sp³-hybridized carbons (Fsp3) is 0.250. The predicted molar refractivity (Wildman–Crippen MR) is 86.3 cm³/mol. The molecule has 118 valence electrons. The molecule has 3 rings (SSSR count). The SMILES string of the molecule is CCc1ncnc(Sc2nnc(C)n2-c2ccccc2C)c1F. The molecule has 5 nitrogen and oxygen atoms in total. The molecule has 7 heteroatoms. The van der Waals surface area contributed by atoms with Crippen LogP contribution in [0.5, 0.6) is 0 Å². The molecular formula is C16H16FN5S. The van der Waals surface area contributed by atoms with Crippen LogP contribution in [0.15, 0.2) is 40.8 Å². The molecule has 0 saturated carbocycles. The number of aryl methyl sites for hydroxylation is 3. The lowest BCUT2D eigenvalue weighted by molar-refractivity contribution is 0.559. The van der Waals surface area contributed by atoms with E-state index in [1.165, 1.54) is 6.33 Å². The molecule has 0 bridgehead atoms. The van der Waals surface area contributed by atoms with Crippen LogP contribution in [0, 0.1) is 19.7 Å². The fourth-order valence-corrected chi connectivity index (χ4v) is 3.18. The Morgan fingerprint density at radius 3 is 2.65 bits per heavy atom. The molecule has 2 heterocycles. The van der Waals surface area contributed by atoms with Crippen molar-refractivity contribution in [1.29, 1.82) is 0 Å². The minimum absolute atomic E-state index is 0.263. The zero-order valence-electron chi connectivity index (χ0n) is 13.1. The van der Waals surface area contributed by atoms with Crippen LogP contribution in [0.3, 0.4) is 0 Å². The smallest absolute Gasteiger partial charge is 0.202 e. The third-order valence-electron chi connectivity index (χ3n) is 3.50. The van der Waals surface area contributed by atoms with Crippen LogP contribution < -0.4 is 0 Å². The maximum atomic E-state index is 14.4. The summed E-state index contributed by atoms with van der Waals surface area (Å²) < 4.78 is 16.3. The van der Waals surface area contributed by atoms with Crippen LogP contribution in [-0.4, -0.2) is 24.7 Å². The van der Waals surface area contributed by atoms with Gasteiger partial charge in [0.2, 0.25) is 5.16 Å². The van der Waals surface area contributed by atoms with E-state index in [1.807, 2.05) is 49.6 Å². The Morgan fingerprint density at radius 1 is 1.13 bits per heavy atom. The van der Waals surface area contributed by atoms with Crippen LogP contribution in [0.4, 0.5) is 4.39 Å². The third kappa shape index (κ3) is 2.96. The summed E-state index contributed by atoms with van der Waals surface area (Å²) in [5.41, 5.74) is 2.47. The van der Waals surface area contributed by atoms with Gasteiger partial charge in [0, 0.05) is 0 Å². The molecule has 0 radical (unpaired) electrons. The van der Waals surface area contributed by atoms with E-state index in [2.05, 4.69) is 20.2 Å². The number of aromatic nitrogens is 5. The number of halogens is 1. The molecule has 0 fully saturated rings. The van der Waals surface area contributed by atoms with E-state index in [4.69, 9.17) is 0 Å². The molecule has 0 N–H and O–H groups in total. The van der Waals surface area contributed by atoms with Gasteiger partial charge in [-0.3, -0.25) is 4.57 Å². The fourth-order valence-electron chi connectivity index (χ4n) is 2.29. The van der Waals surface area contributed by atoms with Crippen molar-refractivity contribution in [3.8, 4) is 5.69 Å². The number of hydrogen-bond acceptors (Lipinski definition) is 5. The predicted octanol–water partition coefficient (Wildman–Crippen LogP) is 3.53. The van der Waals surface area contributed by atoms with Gasteiger partial charge in [0.25, 0.3) is 0 Å². The average Bonchev–Trinajstić information content (AvgIpc) is 2.90. The van der Waals surface area contributed by atoms with Crippen LogP contribution >= 0.6 is 11.8 Å². The maximum Gasteiger partial charge on any atom is 0.202 e. The first-order chi connectivity index (χ1) is 11.1. The van der Waals surface area contributed by atoms with Gasteiger partial charge in [0.15, 0.2) is 5.82 Å². The first-order valence-corrected chi connectivity index (χ1v) is 8.08. The molecule has 0 aliphatic rings. The Morgan fingerprint density at radius 2 is 1.91 bits per heavy atom. The molecule has 2 aromatic heterocycles. The monoisotopic (exact) mass is 329 g/mol. The van der Waals surface area contributed by atoms with Crippen molar-refractivity contribution in [2.24, 2.45) is 0 Å². The molecule has 0 spiro atoms. The van der Waals surface area contributed by atoms with Crippen molar-refractivity contribution in [3.63, 3.8) is 0 Å². The minimum atomic E-state index is -0.392. The molecule has 0 saturated heterocycles. The van der Waals surface area contributed by atoms with E-state index in [9.17, 15) is 4.39 Å². The van der Waals surface area contributed by atoms with Gasteiger partial charge in [0.1, 0.15) is 17.2 Å². The highest BCUT2D eigenvalue weighted by Gasteiger charge is 2.18. The Labute approximate surface area is 138 Å². The molecule has 0 amide bonds. The van der Waals surface area contributed by atoms with Crippen molar-refractivity contribution in [3.05, 3.63) is 53.5 Å². The lowest BCUT2D eigenvalue weighted by Gasteiger charge is -2.11. The van der Waals surface area contributed by atoms with E-state index in [0.717, 1.165) is 28.8 Å². The van der Waals surface area contributed by atoms with Crippen LogP contribution in [-0.2, 0) is 6.42 Å². The van der Waals surface area contributed by atoms with E-state index < -0.39 is 5.82 Å². The largest absolute Gasteiger partial charge is 0.274 e. The van der Waals surface area contributed by atoms with Crippen LogP contribution in [0.2, 0.25) is 0 Å². The van der Waals surface area contributed by atoms with Crippen molar-refractivity contribution < 1.29 is 4.39 Å². The van der Waals surface area contributed by atoms with Crippen molar-refractivity contribution >= 4 is 11.8 Å².